The molecule has 1 amide bonds. The molecule has 1 heterocycles. The van der Waals surface area contributed by atoms with Gasteiger partial charge in [0, 0.05) is 18.8 Å². The van der Waals surface area contributed by atoms with Gasteiger partial charge in [-0.2, -0.15) is 0 Å². The van der Waals surface area contributed by atoms with Crippen molar-refractivity contribution in [3.05, 3.63) is 29.8 Å². The molecule has 0 bridgehead atoms. The van der Waals surface area contributed by atoms with Crippen molar-refractivity contribution in [3.8, 4) is 0 Å². The first-order valence-corrected chi connectivity index (χ1v) is 6.41. The molecule has 2 rings (SSSR count). The van der Waals surface area contributed by atoms with Crippen LogP contribution in [0.25, 0.3) is 0 Å². The number of nitrogens with two attached hydrogens (primary N) is 1. The molecule has 1 aliphatic rings. The summed E-state index contributed by atoms with van der Waals surface area (Å²) in [5, 5.41) is 9.54. The summed E-state index contributed by atoms with van der Waals surface area (Å²) in [6, 6.07) is 7.16. The molecular weight excluding hydrogens is 228 g/mol. The Morgan fingerprint density at radius 2 is 2.00 bits per heavy atom. The number of anilines is 1. The number of likely N-dealkylation sites (tertiary alicyclic amines) is 1. The van der Waals surface area contributed by atoms with Crippen molar-refractivity contribution in [1.82, 2.24) is 4.90 Å². The predicted octanol–water partition coefficient (Wildman–Crippen LogP) is 1.50. The molecular formula is C14H20N2O2. The van der Waals surface area contributed by atoms with E-state index in [-0.39, 0.29) is 12.0 Å². The van der Waals surface area contributed by atoms with E-state index >= 15 is 0 Å². The second-order valence-electron chi connectivity index (χ2n) is 4.96. The van der Waals surface area contributed by atoms with Gasteiger partial charge < -0.3 is 15.7 Å². The number of aliphatic hydroxyl groups is 1. The Labute approximate surface area is 107 Å². The molecule has 3 N–H and O–H groups in total. The molecule has 0 saturated carbocycles. The molecule has 98 valence electrons. The Kier molecular flexibility index (Phi) is 3.87. The first-order chi connectivity index (χ1) is 8.59. The Morgan fingerprint density at radius 3 is 2.56 bits per heavy atom. The van der Waals surface area contributed by atoms with E-state index in [0.717, 1.165) is 12.8 Å². The molecule has 1 fully saturated rings. The lowest BCUT2D eigenvalue weighted by Crippen LogP contribution is -2.40. The lowest BCUT2D eigenvalue weighted by molar-refractivity contribution is 0.0522. The number of para-hydroxylation sites is 1. The van der Waals surface area contributed by atoms with Gasteiger partial charge in [-0.05, 0) is 37.8 Å². The number of nitrogen functional groups attached to an aromatic ring is 1. The van der Waals surface area contributed by atoms with Crippen molar-refractivity contribution in [2.45, 2.75) is 25.9 Å². The van der Waals surface area contributed by atoms with Crippen LogP contribution in [0, 0.1) is 5.92 Å². The van der Waals surface area contributed by atoms with Gasteiger partial charge in [-0.15, -0.1) is 0 Å². The largest absolute Gasteiger partial charge is 0.398 e. The number of carbonyl (C=O) groups excluding carboxylic acids is 1. The van der Waals surface area contributed by atoms with Crippen LogP contribution in [-0.2, 0) is 0 Å². The van der Waals surface area contributed by atoms with Gasteiger partial charge in [0.1, 0.15) is 0 Å². The molecule has 0 spiro atoms. The Hall–Kier alpha value is -1.55. The van der Waals surface area contributed by atoms with Crippen molar-refractivity contribution in [3.63, 3.8) is 0 Å². The molecule has 1 aliphatic heterocycles. The molecule has 1 saturated heterocycles. The van der Waals surface area contributed by atoms with Crippen LogP contribution >= 0.6 is 0 Å². The van der Waals surface area contributed by atoms with Crippen LogP contribution in [0.2, 0.25) is 0 Å². The molecule has 4 heteroatoms. The van der Waals surface area contributed by atoms with Gasteiger partial charge in [-0.3, -0.25) is 4.79 Å². The average molecular weight is 248 g/mol. The van der Waals surface area contributed by atoms with Gasteiger partial charge in [0.2, 0.25) is 0 Å². The second-order valence-corrected chi connectivity index (χ2v) is 4.96. The van der Waals surface area contributed by atoms with Crippen LogP contribution in [0.5, 0.6) is 0 Å². The normalized spacial score (nSPS) is 18.7. The fourth-order valence-electron chi connectivity index (χ4n) is 2.45. The maximum absolute atomic E-state index is 12.3. The van der Waals surface area contributed by atoms with E-state index in [4.69, 9.17) is 5.73 Å². The third-order valence-corrected chi connectivity index (χ3v) is 3.70. The van der Waals surface area contributed by atoms with Crippen LogP contribution in [0.3, 0.4) is 0 Å². The number of piperidine rings is 1. The van der Waals surface area contributed by atoms with E-state index in [0.29, 0.717) is 30.3 Å². The van der Waals surface area contributed by atoms with Gasteiger partial charge in [-0.25, -0.2) is 0 Å². The molecule has 1 unspecified atom stereocenters. The highest BCUT2D eigenvalue weighted by molar-refractivity contribution is 5.99. The van der Waals surface area contributed by atoms with Crippen LogP contribution in [-0.4, -0.2) is 35.1 Å². The van der Waals surface area contributed by atoms with Crippen molar-refractivity contribution in [2.24, 2.45) is 5.92 Å². The highest BCUT2D eigenvalue weighted by atomic mass is 16.3. The highest BCUT2D eigenvalue weighted by Gasteiger charge is 2.26. The standard InChI is InChI=1S/C14H20N2O2/c1-10(17)11-6-8-16(9-7-11)14(18)12-4-2-3-5-13(12)15/h2-5,10-11,17H,6-9,15H2,1H3. The number of amides is 1. The molecule has 0 aliphatic carbocycles. The highest BCUT2D eigenvalue weighted by Crippen LogP contribution is 2.23. The quantitative estimate of drug-likeness (QED) is 0.779. The molecule has 0 aromatic heterocycles. The Balaban J connectivity index is 2.02. The summed E-state index contributed by atoms with van der Waals surface area (Å²) in [7, 11) is 0. The zero-order valence-corrected chi connectivity index (χ0v) is 10.7. The number of nitrogens with zero attached hydrogens (tertiary/aromatic N) is 1. The van der Waals surface area contributed by atoms with E-state index in [1.807, 2.05) is 24.0 Å². The zero-order valence-electron chi connectivity index (χ0n) is 10.7. The zero-order chi connectivity index (χ0) is 13.1. The van der Waals surface area contributed by atoms with Crippen LogP contribution in [0.15, 0.2) is 24.3 Å². The number of carbonyl (C=O) groups is 1. The molecule has 0 radical (unpaired) electrons. The van der Waals surface area contributed by atoms with Crippen LogP contribution in [0.4, 0.5) is 5.69 Å². The fourth-order valence-corrected chi connectivity index (χ4v) is 2.45. The summed E-state index contributed by atoms with van der Waals surface area (Å²) in [5.41, 5.74) is 6.92. The van der Waals surface area contributed by atoms with Gasteiger partial charge in [0.25, 0.3) is 5.91 Å². The number of benzene rings is 1. The van der Waals surface area contributed by atoms with Crippen LogP contribution < -0.4 is 5.73 Å². The van der Waals surface area contributed by atoms with E-state index in [2.05, 4.69) is 0 Å². The molecule has 1 atom stereocenters. The number of aliphatic hydroxyl groups excluding tert-OH is 1. The van der Waals surface area contributed by atoms with Gasteiger partial charge in [0.05, 0.1) is 11.7 Å². The number of hydrogen-bond acceptors (Lipinski definition) is 3. The average Bonchev–Trinajstić information content (AvgIpc) is 2.38. The monoisotopic (exact) mass is 248 g/mol. The molecule has 4 nitrogen and oxygen atoms in total. The summed E-state index contributed by atoms with van der Waals surface area (Å²) in [6.45, 7) is 3.21. The van der Waals surface area contributed by atoms with Crippen LogP contribution in [0.1, 0.15) is 30.1 Å². The predicted molar refractivity (Wildman–Crippen MR) is 71.2 cm³/mol. The lowest BCUT2D eigenvalue weighted by atomic mass is 9.92. The number of hydrogen-bond donors (Lipinski definition) is 2. The van der Waals surface area contributed by atoms with E-state index in [1.165, 1.54) is 0 Å². The van der Waals surface area contributed by atoms with Crippen molar-refractivity contribution < 1.29 is 9.90 Å². The minimum Gasteiger partial charge on any atom is -0.398 e. The molecule has 18 heavy (non-hydrogen) atoms. The molecule has 1 aromatic rings. The first kappa shape index (κ1) is 12.9. The van der Waals surface area contributed by atoms with Gasteiger partial charge in [-0.1, -0.05) is 12.1 Å². The topological polar surface area (TPSA) is 66.6 Å². The van der Waals surface area contributed by atoms with Gasteiger partial charge in [0.15, 0.2) is 0 Å². The summed E-state index contributed by atoms with van der Waals surface area (Å²) in [6.07, 6.45) is 1.43. The molecule has 1 aromatic carbocycles. The third-order valence-electron chi connectivity index (χ3n) is 3.70. The third kappa shape index (κ3) is 2.64. The maximum Gasteiger partial charge on any atom is 0.255 e. The SMILES string of the molecule is CC(O)C1CCN(C(=O)c2ccccc2N)CC1. The number of rotatable bonds is 2. The second kappa shape index (κ2) is 5.40. The summed E-state index contributed by atoms with van der Waals surface area (Å²) >= 11 is 0. The van der Waals surface area contributed by atoms with E-state index < -0.39 is 0 Å². The minimum absolute atomic E-state index is 0.00265. The van der Waals surface area contributed by atoms with E-state index in [9.17, 15) is 9.90 Å². The van der Waals surface area contributed by atoms with Gasteiger partial charge >= 0.3 is 0 Å². The minimum atomic E-state index is -0.288. The van der Waals surface area contributed by atoms with E-state index in [1.54, 1.807) is 12.1 Å². The summed E-state index contributed by atoms with van der Waals surface area (Å²) in [5.74, 6) is 0.305. The first-order valence-electron chi connectivity index (χ1n) is 6.41. The summed E-state index contributed by atoms with van der Waals surface area (Å²) in [4.78, 5) is 14.1. The Bertz CT molecular complexity index is 424. The summed E-state index contributed by atoms with van der Waals surface area (Å²) < 4.78 is 0. The maximum atomic E-state index is 12.3. The van der Waals surface area contributed by atoms with Crippen molar-refractivity contribution >= 4 is 11.6 Å². The fraction of sp³-hybridized carbons (Fsp3) is 0.500. The van der Waals surface area contributed by atoms with Crippen molar-refractivity contribution in [2.75, 3.05) is 18.8 Å². The van der Waals surface area contributed by atoms with Crippen molar-refractivity contribution in [1.29, 1.82) is 0 Å². The lowest BCUT2D eigenvalue weighted by Gasteiger charge is -2.33. The smallest absolute Gasteiger partial charge is 0.255 e. The Morgan fingerprint density at radius 1 is 1.39 bits per heavy atom.